The van der Waals surface area contributed by atoms with E-state index in [4.69, 9.17) is 0 Å². The van der Waals surface area contributed by atoms with Gasteiger partial charge in [0.05, 0.1) is 11.3 Å². The van der Waals surface area contributed by atoms with Gasteiger partial charge < -0.3 is 15.5 Å². The molecule has 1 heterocycles. The van der Waals surface area contributed by atoms with Crippen LogP contribution in [-0.4, -0.2) is 42.6 Å². The zero-order chi connectivity index (χ0) is 19.2. The van der Waals surface area contributed by atoms with Crippen LogP contribution in [0.4, 0.5) is 5.69 Å². The average molecular weight is 383 g/mol. The molecule has 6 nitrogen and oxygen atoms in total. The number of nitrogens with zero attached hydrogens (tertiary/aromatic N) is 1. The number of hydrogen-bond donors (Lipinski definition) is 2. The molecule has 3 rings (SSSR count). The quantitative estimate of drug-likeness (QED) is 0.591. The van der Waals surface area contributed by atoms with Crippen molar-refractivity contribution in [3.63, 3.8) is 0 Å². The summed E-state index contributed by atoms with van der Waals surface area (Å²) in [5.41, 5.74) is 0.848. The van der Waals surface area contributed by atoms with Crippen LogP contribution in [0.25, 0.3) is 0 Å². The van der Waals surface area contributed by atoms with Crippen LogP contribution in [0.2, 0.25) is 0 Å². The fourth-order valence-corrected chi connectivity index (χ4v) is 3.62. The molecule has 1 aliphatic rings. The molecule has 1 aliphatic heterocycles. The molecule has 27 heavy (non-hydrogen) atoms. The first-order valence-electron chi connectivity index (χ1n) is 8.72. The lowest BCUT2D eigenvalue weighted by Crippen LogP contribution is -2.47. The summed E-state index contributed by atoms with van der Waals surface area (Å²) in [6.45, 7) is 1.99. The van der Waals surface area contributed by atoms with E-state index in [1.54, 1.807) is 43.0 Å². The Kier molecular flexibility index (Phi) is 6.13. The molecule has 1 atom stereocenters. The molecular weight excluding hydrogens is 362 g/mol. The first-order valence-corrected chi connectivity index (χ1v) is 9.70. The second-order valence-electron chi connectivity index (χ2n) is 6.15. The highest BCUT2D eigenvalue weighted by Crippen LogP contribution is 2.24. The van der Waals surface area contributed by atoms with Crippen molar-refractivity contribution in [3.05, 3.63) is 60.2 Å². The van der Waals surface area contributed by atoms with Crippen LogP contribution in [0.15, 0.2) is 59.5 Å². The molecule has 7 heteroatoms. The van der Waals surface area contributed by atoms with Gasteiger partial charge in [0.2, 0.25) is 11.8 Å². The van der Waals surface area contributed by atoms with E-state index in [0.29, 0.717) is 17.8 Å². The monoisotopic (exact) mass is 383 g/mol. The highest BCUT2D eigenvalue weighted by Gasteiger charge is 2.31. The maximum absolute atomic E-state index is 12.6. The van der Waals surface area contributed by atoms with Gasteiger partial charge in [-0.25, -0.2) is 0 Å². The predicted molar refractivity (Wildman–Crippen MR) is 106 cm³/mol. The zero-order valence-corrected chi connectivity index (χ0v) is 15.8. The molecule has 140 valence electrons. The van der Waals surface area contributed by atoms with E-state index in [9.17, 15) is 14.4 Å². The minimum Gasteiger partial charge on any atom is -0.354 e. The summed E-state index contributed by atoms with van der Waals surface area (Å²) in [6, 6.07) is 16.1. The van der Waals surface area contributed by atoms with Crippen molar-refractivity contribution >= 4 is 35.2 Å². The van der Waals surface area contributed by atoms with Gasteiger partial charge >= 0.3 is 0 Å². The Hall–Kier alpha value is -2.80. The fourth-order valence-electron chi connectivity index (χ4n) is 2.83. The summed E-state index contributed by atoms with van der Waals surface area (Å²) >= 11 is 1.65. The van der Waals surface area contributed by atoms with Crippen LogP contribution in [-0.2, 0) is 9.59 Å². The maximum Gasteiger partial charge on any atom is 0.254 e. The fraction of sp³-hybridized carbons (Fsp3) is 0.250. The minimum atomic E-state index is -0.689. The van der Waals surface area contributed by atoms with Gasteiger partial charge in [0.15, 0.2) is 0 Å². The molecule has 0 fully saturated rings. The van der Waals surface area contributed by atoms with Crippen molar-refractivity contribution in [2.45, 2.75) is 17.9 Å². The van der Waals surface area contributed by atoms with E-state index < -0.39 is 6.04 Å². The molecule has 0 saturated heterocycles. The van der Waals surface area contributed by atoms with Gasteiger partial charge in [-0.05, 0) is 31.2 Å². The Labute approximate surface area is 162 Å². The van der Waals surface area contributed by atoms with Gasteiger partial charge in [0.1, 0.15) is 12.6 Å². The molecule has 2 aromatic rings. The predicted octanol–water partition coefficient (Wildman–Crippen LogP) is 2.06. The van der Waals surface area contributed by atoms with Gasteiger partial charge in [-0.1, -0.05) is 30.3 Å². The van der Waals surface area contributed by atoms with Crippen LogP contribution in [0.3, 0.4) is 0 Å². The average Bonchev–Trinajstić information content (AvgIpc) is 2.77. The topological polar surface area (TPSA) is 78.5 Å². The van der Waals surface area contributed by atoms with E-state index in [-0.39, 0.29) is 24.3 Å². The van der Waals surface area contributed by atoms with Gasteiger partial charge in [-0.3, -0.25) is 14.4 Å². The Balaban J connectivity index is 1.61. The number of nitrogens with one attached hydrogen (secondary N) is 2. The zero-order valence-electron chi connectivity index (χ0n) is 15.0. The molecular formula is C20H21N3O3S. The molecule has 0 unspecified atom stereocenters. The first-order chi connectivity index (χ1) is 13.1. The molecule has 2 aromatic carbocycles. The van der Waals surface area contributed by atoms with Crippen molar-refractivity contribution in [1.29, 1.82) is 0 Å². The standard InChI is InChI=1S/C20H21N3O3S/c1-14-20(26)23(17-10-6-5-9-16(17)19(25)22-14)13-18(24)21-11-12-27-15-7-3-2-4-8-15/h2-10,14H,11-13H2,1H3,(H,21,24)(H,22,25)/t14-/m1/s1. The van der Waals surface area contributed by atoms with E-state index in [2.05, 4.69) is 10.6 Å². The van der Waals surface area contributed by atoms with Crippen LogP contribution >= 0.6 is 11.8 Å². The number of fused-ring (bicyclic) bond motifs is 1. The molecule has 0 saturated carbocycles. The van der Waals surface area contributed by atoms with Crippen molar-refractivity contribution < 1.29 is 14.4 Å². The molecule has 2 N–H and O–H groups in total. The van der Waals surface area contributed by atoms with Crippen LogP contribution < -0.4 is 15.5 Å². The summed E-state index contributed by atoms with van der Waals surface area (Å²) in [6.07, 6.45) is 0. The number of para-hydroxylation sites is 1. The number of carbonyl (C=O) groups is 3. The first kappa shape index (κ1) is 19.0. The molecule has 3 amide bonds. The third-order valence-electron chi connectivity index (χ3n) is 4.16. The summed E-state index contributed by atoms with van der Waals surface area (Å²) in [4.78, 5) is 39.7. The van der Waals surface area contributed by atoms with Gasteiger partial charge in [0, 0.05) is 17.2 Å². The second kappa shape index (κ2) is 8.73. The lowest BCUT2D eigenvalue weighted by molar-refractivity contribution is -0.124. The van der Waals surface area contributed by atoms with Crippen molar-refractivity contribution in [1.82, 2.24) is 10.6 Å². The number of hydrogen-bond acceptors (Lipinski definition) is 4. The third kappa shape index (κ3) is 4.68. The SMILES string of the molecule is C[C@H]1NC(=O)c2ccccc2N(CC(=O)NCCSc2ccccc2)C1=O. The van der Waals surface area contributed by atoms with Crippen molar-refractivity contribution in [2.75, 3.05) is 23.7 Å². The number of rotatable bonds is 6. The van der Waals surface area contributed by atoms with E-state index in [0.717, 1.165) is 10.6 Å². The van der Waals surface area contributed by atoms with Crippen LogP contribution in [0, 0.1) is 0 Å². The van der Waals surface area contributed by atoms with E-state index in [1.165, 1.54) is 4.90 Å². The Morgan fingerprint density at radius 1 is 1.11 bits per heavy atom. The van der Waals surface area contributed by atoms with Gasteiger partial charge in [-0.15, -0.1) is 11.8 Å². The number of anilines is 1. The second-order valence-corrected chi connectivity index (χ2v) is 7.32. The molecule has 0 radical (unpaired) electrons. The van der Waals surface area contributed by atoms with Crippen LogP contribution in [0.5, 0.6) is 0 Å². The highest BCUT2D eigenvalue weighted by molar-refractivity contribution is 7.99. The minimum absolute atomic E-state index is 0.120. The van der Waals surface area contributed by atoms with Crippen LogP contribution in [0.1, 0.15) is 17.3 Å². The van der Waals surface area contributed by atoms with E-state index in [1.807, 2.05) is 30.3 Å². The van der Waals surface area contributed by atoms with Gasteiger partial charge in [-0.2, -0.15) is 0 Å². The summed E-state index contributed by atoms with van der Waals surface area (Å²) in [5.74, 6) is -0.138. The number of amides is 3. The lowest BCUT2D eigenvalue weighted by Gasteiger charge is -2.23. The molecule has 0 spiro atoms. The maximum atomic E-state index is 12.6. The smallest absolute Gasteiger partial charge is 0.254 e. The highest BCUT2D eigenvalue weighted by atomic mass is 32.2. The molecule has 0 bridgehead atoms. The normalized spacial score (nSPS) is 16.3. The molecule has 0 aromatic heterocycles. The third-order valence-corrected chi connectivity index (χ3v) is 5.18. The number of benzene rings is 2. The summed E-state index contributed by atoms with van der Waals surface area (Å²) in [5, 5.41) is 5.50. The van der Waals surface area contributed by atoms with Gasteiger partial charge in [0.25, 0.3) is 5.91 Å². The van der Waals surface area contributed by atoms with Crippen molar-refractivity contribution in [3.8, 4) is 0 Å². The lowest BCUT2D eigenvalue weighted by atomic mass is 10.1. The number of thioether (sulfide) groups is 1. The van der Waals surface area contributed by atoms with Crippen molar-refractivity contribution in [2.24, 2.45) is 0 Å². The molecule has 0 aliphatic carbocycles. The Bertz CT molecular complexity index is 841. The number of carbonyl (C=O) groups excluding carboxylic acids is 3. The summed E-state index contributed by atoms with van der Waals surface area (Å²) < 4.78 is 0. The largest absolute Gasteiger partial charge is 0.354 e. The Morgan fingerprint density at radius 3 is 2.59 bits per heavy atom. The van der Waals surface area contributed by atoms with E-state index >= 15 is 0 Å². The Morgan fingerprint density at radius 2 is 1.81 bits per heavy atom. The summed E-state index contributed by atoms with van der Waals surface area (Å²) in [7, 11) is 0.